The first-order valence-electron chi connectivity index (χ1n) is 11.4. The third-order valence-electron chi connectivity index (χ3n) is 5.53. The summed E-state index contributed by atoms with van der Waals surface area (Å²) < 4.78 is 32.2. The Bertz CT molecular complexity index is 1050. The summed E-state index contributed by atoms with van der Waals surface area (Å²) >= 11 is 0. The molecule has 2 rings (SSSR count). The van der Waals surface area contributed by atoms with Gasteiger partial charge in [0.15, 0.2) is 0 Å². The first kappa shape index (κ1) is 27.3. The van der Waals surface area contributed by atoms with Crippen molar-refractivity contribution in [3.63, 3.8) is 0 Å². The van der Waals surface area contributed by atoms with Crippen LogP contribution in [0.3, 0.4) is 0 Å². The van der Waals surface area contributed by atoms with Crippen LogP contribution in [0.15, 0.2) is 53.4 Å². The van der Waals surface area contributed by atoms with Gasteiger partial charge in [0.25, 0.3) is 0 Å². The van der Waals surface area contributed by atoms with E-state index < -0.39 is 22.0 Å². The Labute approximate surface area is 202 Å². The molecule has 34 heavy (non-hydrogen) atoms. The van der Waals surface area contributed by atoms with E-state index in [0.717, 1.165) is 21.9 Å². The largest absolute Gasteiger partial charge is 0.497 e. The number of carbonyl (C=O) groups excluding carboxylic acids is 2. The summed E-state index contributed by atoms with van der Waals surface area (Å²) in [5.41, 5.74) is 1.74. The number of nitrogens with one attached hydrogen (secondary N) is 1. The lowest BCUT2D eigenvalue weighted by atomic mass is 10.1. The van der Waals surface area contributed by atoms with Gasteiger partial charge in [-0.25, -0.2) is 8.42 Å². The van der Waals surface area contributed by atoms with Crippen molar-refractivity contribution in [2.45, 2.75) is 51.1 Å². The number of likely N-dealkylation sites (N-methyl/N-ethyl adjacent to an activating group) is 1. The first-order chi connectivity index (χ1) is 16.1. The fourth-order valence-electron chi connectivity index (χ4n) is 3.47. The Morgan fingerprint density at radius 1 is 1.03 bits per heavy atom. The van der Waals surface area contributed by atoms with Crippen LogP contribution in [-0.4, -0.2) is 62.7 Å². The topological polar surface area (TPSA) is 96.0 Å². The highest BCUT2D eigenvalue weighted by atomic mass is 32.2. The predicted octanol–water partition coefficient (Wildman–Crippen LogP) is 2.96. The zero-order valence-electron chi connectivity index (χ0n) is 20.6. The van der Waals surface area contributed by atoms with Crippen LogP contribution in [0, 0.1) is 6.92 Å². The van der Waals surface area contributed by atoms with E-state index in [4.69, 9.17) is 4.74 Å². The van der Waals surface area contributed by atoms with Gasteiger partial charge in [0.05, 0.1) is 18.6 Å². The molecule has 0 unspecified atom stereocenters. The maximum atomic E-state index is 13.4. The van der Waals surface area contributed by atoms with Gasteiger partial charge in [-0.2, -0.15) is 4.31 Å². The summed E-state index contributed by atoms with van der Waals surface area (Å²) in [5.74, 6) is -0.0268. The molecule has 2 amide bonds. The lowest BCUT2D eigenvalue weighted by molar-refractivity contribution is -0.141. The molecule has 0 aliphatic carbocycles. The number of sulfonamides is 1. The van der Waals surface area contributed by atoms with E-state index in [1.807, 2.05) is 32.9 Å². The molecule has 2 aromatic rings. The number of ether oxygens (including phenoxy) is 1. The maximum Gasteiger partial charge on any atom is 0.243 e. The van der Waals surface area contributed by atoms with Crippen LogP contribution < -0.4 is 10.1 Å². The minimum Gasteiger partial charge on any atom is -0.497 e. The van der Waals surface area contributed by atoms with Gasteiger partial charge >= 0.3 is 0 Å². The summed E-state index contributed by atoms with van der Waals surface area (Å²) in [5, 5.41) is 2.85. The van der Waals surface area contributed by atoms with E-state index in [2.05, 4.69) is 5.32 Å². The molecule has 0 radical (unpaired) electrons. The van der Waals surface area contributed by atoms with E-state index in [-0.39, 0.29) is 23.9 Å². The monoisotopic (exact) mass is 489 g/mol. The number of rotatable bonds is 12. The Morgan fingerprint density at radius 3 is 2.18 bits per heavy atom. The average molecular weight is 490 g/mol. The number of hydrogen-bond donors (Lipinski definition) is 1. The number of amides is 2. The molecular weight excluding hydrogens is 454 g/mol. The van der Waals surface area contributed by atoms with Crippen LogP contribution in [0.5, 0.6) is 5.75 Å². The summed E-state index contributed by atoms with van der Waals surface area (Å²) in [6.45, 7) is 5.93. The smallest absolute Gasteiger partial charge is 0.243 e. The van der Waals surface area contributed by atoms with Gasteiger partial charge in [-0.3, -0.25) is 9.59 Å². The zero-order chi connectivity index (χ0) is 25.3. The van der Waals surface area contributed by atoms with E-state index in [1.54, 1.807) is 31.4 Å². The van der Waals surface area contributed by atoms with Crippen molar-refractivity contribution >= 4 is 21.8 Å². The molecular formula is C25H35N3O5S. The Kier molecular flexibility index (Phi) is 10.1. The van der Waals surface area contributed by atoms with Gasteiger partial charge in [0.1, 0.15) is 11.8 Å². The number of benzene rings is 2. The molecule has 0 bridgehead atoms. The molecule has 0 saturated carbocycles. The van der Waals surface area contributed by atoms with Gasteiger partial charge in [-0.1, -0.05) is 43.7 Å². The molecule has 0 saturated heterocycles. The van der Waals surface area contributed by atoms with Crippen molar-refractivity contribution in [3.05, 3.63) is 59.7 Å². The standard InChI is InChI=1S/C25H35N3O5S/c1-6-16-26-25(30)23(7-2)28(17-20-10-12-21(33-5)13-11-20)24(29)18-27(4)34(31,32)22-14-8-19(3)9-15-22/h8-15,23H,6-7,16-18H2,1-5H3,(H,26,30)/t23-/m0/s1. The van der Waals surface area contributed by atoms with Crippen LogP contribution in [0.1, 0.15) is 37.8 Å². The van der Waals surface area contributed by atoms with Crippen molar-refractivity contribution in [3.8, 4) is 5.75 Å². The summed E-state index contributed by atoms with van der Waals surface area (Å²) in [6.07, 6.45) is 1.16. The molecule has 0 aliphatic rings. The highest BCUT2D eigenvalue weighted by Crippen LogP contribution is 2.19. The Morgan fingerprint density at radius 2 is 1.65 bits per heavy atom. The van der Waals surface area contributed by atoms with Gasteiger partial charge in [0.2, 0.25) is 21.8 Å². The number of methoxy groups -OCH3 is 1. The molecule has 0 fully saturated rings. The van der Waals surface area contributed by atoms with E-state index in [0.29, 0.717) is 18.7 Å². The van der Waals surface area contributed by atoms with E-state index >= 15 is 0 Å². The molecule has 186 valence electrons. The lowest BCUT2D eigenvalue weighted by Gasteiger charge is -2.32. The minimum absolute atomic E-state index is 0.114. The van der Waals surface area contributed by atoms with Crippen molar-refractivity contribution in [2.75, 3.05) is 27.2 Å². The zero-order valence-corrected chi connectivity index (χ0v) is 21.4. The average Bonchev–Trinajstić information content (AvgIpc) is 2.83. The van der Waals surface area contributed by atoms with Crippen LogP contribution in [-0.2, 0) is 26.2 Å². The summed E-state index contributed by atoms with van der Waals surface area (Å²) in [6, 6.07) is 12.9. The molecule has 8 nitrogen and oxygen atoms in total. The van der Waals surface area contributed by atoms with E-state index in [1.165, 1.54) is 24.1 Å². The third-order valence-corrected chi connectivity index (χ3v) is 7.35. The second kappa shape index (κ2) is 12.5. The second-order valence-electron chi connectivity index (χ2n) is 8.16. The fraction of sp³-hybridized carbons (Fsp3) is 0.440. The number of carbonyl (C=O) groups is 2. The van der Waals surface area contributed by atoms with Gasteiger partial charge in [0, 0.05) is 20.1 Å². The molecule has 1 atom stereocenters. The molecule has 9 heteroatoms. The number of hydrogen-bond acceptors (Lipinski definition) is 5. The van der Waals surface area contributed by atoms with Gasteiger partial charge in [-0.05, 0) is 49.6 Å². The van der Waals surface area contributed by atoms with Crippen LogP contribution in [0.2, 0.25) is 0 Å². The quantitative estimate of drug-likeness (QED) is 0.495. The first-order valence-corrected chi connectivity index (χ1v) is 12.8. The van der Waals surface area contributed by atoms with Crippen molar-refractivity contribution in [2.24, 2.45) is 0 Å². The number of nitrogens with zero attached hydrogens (tertiary/aromatic N) is 2. The minimum atomic E-state index is -3.86. The Hall–Kier alpha value is -2.91. The SMILES string of the molecule is CCCNC(=O)[C@H](CC)N(Cc1ccc(OC)cc1)C(=O)CN(C)S(=O)(=O)c1ccc(C)cc1. The molecule has 0 spiro atoms. The van der Waals surface area contributed by atoms with Crippen LogP contribution in [0.4, 0.5) is 0 Å². The molecule has 0 aliphatic heterocycles. The normalized spacial score (nSPS) is 12.3. The van der Waals surface area contributed by atoms with Crippen LogP contribution in [0.25, 0.3) is 0 Å². The van der Waals surface area contributed by atoms with Crippen molar-refractivity contribution in [1.29, 1.82) is 0 Å². The molecule has 1 N–H and O–H groups in total. The summed E-state index contributed by atoms with van der Waals surface area (Å²) in [7, 11) is -0.923. The highest BCUT2D eigenvalue weighted by molar-refractivity contribution is 7.89. The van der Waals surface area contributed by atoms with Gasteiger partial charge in [-0.15, -0.1) is 0 Å². The molecule has 0 aromatic heterocycles. The lowest BCUT2D eigenvalue weighted by Crippen LogP contribution is -2.51. The molecule has 2 aromatic carbocycles. The highest BCUT2D eigenvalue weighted by Gasteiger charge is 2.31. The Balaban J connectivity index is 2.30. The maximum absolute atomic E-state index is 13.4. The third kappa shape index (κ3) is 7.04. The number of aryl methyl sites for hydroxylation is 1. The summed E-state index contributed by atoms with van der Waals surface area (Å²) in [4.78, 5) is 27.8. The van der Waals surface area contributed by atoms with Crippen LogP contribution >= 0.6 is 0 Å². The van der Waals surface area contributed by atoms with Gasteiger partial charge < -0.3 is 15.0 Å². The van der Waals surface area contributed by atoms with Crippen molar-refractivity contribution in [1.82, 2.24) is 14.5 Å². The second-order valence-corrected chi connectivity index (χ2v) is 10.2. The predicted molar refractivity (Wildman–Crippen MR) is 132 cm³/mol. The van der Waals surface area contributed by atoms with E-state index in [9.17, 15) is 18.0 Å². The fourth-order valence-corrected chi connectivity index (χ4v) is 4.59. The van der Waals surface area contributed by atoms with Crippen molar-refractivity contribution < 1.29 is 22.7 Å². The molecule has 0 heterocycles.